The molecule has 30 heavy (non-hydrogen) atoms. The maximum atomic E-state index is 11.8. The van der Waals surface area contributed by atoms with Gasteiger partial charge in [0, 0.05) is 23.9 Å². The van der Waals surface area contributed by atoms with E-state index in [4.69, 9.17) is 10.5 Å². The number of ether oxygens (including phenoxy) is 1. The number of allylic oxidation sites excluding steroid dienone is 2. The van der Waals surface area contributed by atoms with Crippen LogP contribution in [0.5, 0.6) is 0 Å². The van der Waals surface area contributed by atoms with Crippen LogP contribution in [0.15, 0.2) is 47.2 Å². The van der Waals surface area contributed by atoms with Gasteiger partial charge < -0.3 is 10.5 Å². The molecule has 1 aliphatic carbocycles. The highest BCUT2D eigenvalue weighted by Crippen LogP contribution is 2.58. The summed E-state index contributed by atoms with van der Waals surface area (Å²) in [6.45, 7) is 0. The summed E-state index contributed by atoms with van der Waals surface area (Å²) in [6.07, 6.45) is 3.95. The monoisotopic (exact) mass is 399 g/mol. The smallest absolute Gasteiger partial charge is 0.337 e. The largest absolute Gasteiger partial charge is 0.465 e. The van der Waals surface area contributed by atoms with Gasteiger partial charge in [-0.1, -0.05) is 18.2 Å². The standard InChI is InChI=1S/C23H21N5O2/c1-28-15-7-8-18(28)19-16(9-15)17(10-24)21(27)23(11-25,12-26)20(19)13-3-5-14(6-4-13)22(29)30-2/h3-6,9,15,18-20H,7-8,27H2,1-2H3/t15?,18?,19-,20-/m1/s1. The van der Waals surface area contributed by atoms with E-state index >= 15 is 0 Å². The molecule has 7 heteroatoms. The van der Waals surface area contributed by atoms with Crippen molar-refractivity contribution in [2.45, 2.75) is 30.8 Å². The molecule has 2 unspecified atom stereocenters. The second-order valence-electron chi connectivity index (χ2n) is 8.05. The Hall–Kier alpha value is -3.60. The molecule has 4 rings (SSSR count). The van der Waals surface area contributed by atoms with Gasteiger partial charge in [-0.25, -0.2) is 4.79 Å². The molecule has 1 fully saturated rings. The fourth-order valence-electron chi connectivity index (χ4n) is 5.41. The number of esters is 1. The Kier molecular flexibility index (Phi) is 4.61. The van der Waals surface area contributed by atoms with Crippen LogP contribution in [0.25, 0.3) is 0 Å². The minimum atomic E-state index is -1.67. The molecule has 2 heterocycles. The lowest BCUT2D eigenvalue weighted by Gasteiger charge is -2.48. The fraction of sp³-hybridized carbons (Fsp3) is 0.391. The van der Waals surface area contributed by atoms with Gasteiger partial charge in [-0.2, -0.15) is 15.8 Å². The number of benzene rings is 1. The molecule has 0 saturated carbocycles. The molecular weight excluding hydrogens is 378 g/mol. The zero-order valence-corrected chi connectivity index (χ0v) is 16.8. The molecule has 3 aliphatic rings. The highest BCUT2D eigenvalue weighted by Gasteiger charge is 2.58. The third-order valence-electron chi connectivity index (χ3n) is 6.91. The van der Waals surface area contributed by atoms with Gasteiger partial charge in [0.25, 0.3) is 0 Å². The molecule has 0 spiro atoms. The number of hydrogen-bond acceptors (Lipinski definition) is 7. The van der Waals surface area contributed by atoms with Crippen molar-refractivity contribution in [1.29, 1.82) is 15.8 Å². The first-order valence-corrected chi connectivity index (χ1v) is 9.78. The van der Waals surface area contributed by atoms with Crippen molar-refractivity contribution in [2.24, 2.45) is 17.1 Å². The second-order valence-corrected chi connectivity index (χ2v) is 8.05. The number of nitriles is 3. The van der Waals surface area contributed by atoms with E-state index < -0.39 is 17.3 Å². The van der Waals surface area contributed by atoms with Gasteiger partial charge in [0.15, 0.2) is 5.41 Å². The lowest BCUT2D eigenvalue weighted by molar-refractivity contribution is 0.0600. The Morgan fingerprint density at radius 2 is 1.87 bits per heavy atom. The Morgan fingerprint density at radius 3 is 2.43 bits per heavy atom. The van der Waals surface area contributed by atoms with Crippen molar-refractivity contribution in [3.05, 3.63) is 58.3 Å². The van der Waals surface area contributed by atoms with E-state index in [1.807, 2.05) is 7.05 Å². The molecule has 0 radical (unpaired) electrons. The van der Waals surface area contributed by atoms with Crippen LogP contribution in [0.1, 0.15) is 34.7 Å². The number of methoxy groups -OCH3 is 1. The van der Waals surface area contributed by atoms with Crippen LogP contribution >= 0.6 is 0 Å². The third-order valence-corrected chi connectivity index (χ3v) is 6.91. The van der Waals surface area contributed by atoms with Crippen LogP contribution in [0.2, 0.25) is 0 Å². The van der Waals surface area contributed by atoms with Crippen molar-refractivity contribution in [3.8, 4) is 18.2 Å². The minimum Gasteiger partial charge on any atom is -0.465 e. The number of carbonyl (C=O) groups is 1. The van der Waals surface area contributed by atoms with Crippen LogP contribution in [0.3, 0.4) is 0 Å². The number of nitrogens with two attached hydrogens (primary N) is 1. The summed E-state index contributed by atoms with van der Waals surface area (Å²) < 4.78 is 4.77. The molecule has 0 aromatic heterocycles. The van der Waals surface area contributed by atoms with Gasteiger partial charge in [0.1, 0.15) is 6.07 Å². The Bertz CT molecular complexity index is 1080. The lowest BCUT2D eigenvalue weighted by Crippen LogP contribution is -2.51. The van der Waals surface area contributed by atoms with Crippen LogP contribution in [0, 0.1) is 45.3 Å². The van der Waals surface area contributed by atoms with Gasteiger partial charge in [-0.15, -0.1) is 0 Å². The van der Waals surface area contributed by atoms with Crippen molar-refractivity contribution in [1.82, 2.24) is 4.90 Å². The number of hydrogen-bond donors (Lipinski definition) is 1. The maximum Gasteiger partial charge on any atom is 0.337 e. The average Bonchev–Trinajstić information content (AvgIpc) is 3.01. The van der Waals surface area contributed by atoms with Gasteiger partial charge in [-0.05, 0) is 43.2 Å². The first kappa shape index (κ1) is 19.7. The van der Waals surface area contributed by atoms with Crippen molar-refractivity contribution >= 4 is 5.97 Å². The molecule has 1 saturated heterocycles. The van der Waals surface area contributed by atoms with E-state index in [1.165, 1.54) is 7.11 Å². The highest BCUT2D eigenvalue weighted by atomic mass is 16.5. The molecule has 2 N–H and O–H groups in total. The molecule has 1 aromatic carbocycles. The number of rotatable bonds is 2. The zero-order valence-electron chi connectivity index (χ0n) is 16.8. The summed E-state index contributed by atoms with van der Waals surface area (Å²) in [5.74, 6) is -1.24. The molecule has 2 bridgehead atoms. The molecule has 150 valence electrons. The predicted molar refractivity (Wildman–Crippen MR) is 107 cm³/mol. The number of likely N-dealkylation sites (N-methyl/N-ethyl adjacent to an activating group) is 1. The first-order chi connectivity index (χ1) is 14.4. The highest BCUT2D eigenvalue weighted by molar-refractivity contribution is 5.89. The fourth-order valence-corrected chi connectivity index (χ4v) is 5.41. The van der Waals surface area contributed by atoms with E-state index in [1.54, 1.807) is 24.3 Å². The van der Waals surface area contributed by atoms with Crippen LogP contribution in [-0.2, 0) is 4.74 Å². The summed E-state index contributed by atoms with van der Waals surface area (Å²) >= 11 is 0. The normalized spacial score (nSPS) is 29.1. The lowest BCUT2D eigenvalue weighted by atomic mass is 9.56. The van der Waals surface area contributed by atoms with E-state index in [9.17, 15) is 20.6 Å². The summed E-state index contributed by atoms with van der Waals surface area (Å²) in [6, 6.07) is 13.6. The Labute approximate surface area is 175 Å². The van der Waals surface area contributed by atoms with E-state index in [-0.39, 0.29) is 29.3 Å². The molecule has 7 nitrogen and oxygen atoms in total. The molecule has 1 aromatic rings. The summed E-state index contributed by atoms with van der Waals surface area (Å²) in [7, 11) is 3.36. The van der Waals surface area contributed by atoms with Crippen LogP contribution in [-0.4, -0.2) is 37.1 Å². The molecular formula is C23H21N5O2. The Balaban J connectivity index is 1.96. The van der Waals surface area contributed by atoms with Gasteiger partial charge in [0.05, 0.1) is 36.1 Å². The van der Waals surface area contributed by atoms with Crippen molar-refractivity contribution < 1.29 is 9.53 Å². The van der Waals surface area contributed by atoms with Crippen LogP contribution < -0.4 is 5.73 Å². The molecule has 4 atom stereocenters. The minimum absolute atomic E-state index is 0.0171. The number of nitrogens with zero attached hydrogens (tertiary/aromatic N) is 4. The quantitative estimate of drug-likeness (QED) is 0.756. The number of fused-ring (bicyclic) bond motifs is 4. The predicted octanol–water partition coefficient (Wildman–Crippen LogP) is 2.36. The van der Waals surface area contributed by atoms with E-state index in [0.717, 1.165) is 24.0 Å². The molecule has 2 aliphatic heterocycles. The second kappa shape index (κ2) is 7.02. The van der Waals surface area contributed by atoms with E-state index in [2.05, 4.69) is 29.2 Å². The van der Waals surface area contributed by atoms with Gasteiger partial charge in [0.2, 0.25) is 0 Å². The SMILES string of the molecule is COC(=O)c1ccc([C@@H]2[C@@H]3C(=CC4CCC3N4C)C(C#N)=C(N)C2(C#N)C#N)cc1. The summed E-state index contributed by atoms with van der Waals surface area (Å²) in [5, 5.41) is 30.2. The summed E-state index contributed by atoms with van der Waals surface area (Å²) in [4.78, 5) is 14.1. The van der Waals surface area contributed by atoms with E-state index in [0.29, 0.717) is 5.56 Å². The van der Waals surface area contributed by atoms with Crippen molar-refractivity contribution in [3.63, 3.8) is 0 Å². The maximum absolute atomic E-state index is 11.8. The topological polar surface area (TPSA) is 127 Å². The summed E-state index contributed by atoms with van der Waals surface area (Å²) in [5.41, 5.74) is 6.92. The van der Waals surface area contributed by atoms with Gasteiger partial charge >= 0.3 is 5.97 Å². The number of carbonyl (C=O) groups excluding carboxylic acids is 1. The molecule has 0 amide bonds. The first-order valence-electron chi connectivity index (χ1n) is 9.78. The van der Waals surface area contributed by atoms with Crippen molar-refractivity contribution in [2.75, 3.05) is 14.2 Å². The van der Waals surface area contributed by atoms with Gasteiger partial charge in [-0.3, -0.25) is 4.90 Å². The third kappa shape index (κ3) is 2.48. The Morgan fingerprint density at radius 1 is 1.20 bits per heavy atom. The zero-order chi connectivity index (χ0) is 21.6. The van der Waals surface area contributed by atoms with Crippen LogP contribution in [0.4, 0.5) is 0 Å². The average molecular weight is 399 g/mol.